The quantitative estimate of drug-likeness (QED) is 0.258. The summed E-state index contributed by atoms with van der Waals surface area (Å²) in [5, 5.41) is 3.38. The Balaban J connectivity index is 3.01. The second-order valence-corrected chi connectivity index (χ2v) is 8.81. The molecule has 0 heterocycles. The van der Waals surface area contributed by atoms with Crippen molar-refractivity contribution in [3.63, 3.8) is 0 Å². The normalized spacial score (nSPS) is 11.1. The summed E-state index contributed by atoms with van der Waals surface area (Å²) in [5.41, 5.74) is 0. The standard InChI is InChI=1S/C15H33NO5Si/c1-18-15(17)5-8-19-10-12-21-13-11-20-9-7-16-6-4-14-22(2)3/h16,22H,4-14H2,1-3H3. The van der Waals surface area contributed by atoms with Crippen LogP contribution < -0.4 is 5.32 Å². The van der Waals surface area contributed by atoms with Gasteiger partial charge >= 0.3 is 5.97 Å². The third-order valence-corrected chi connectivity index (χ3v) is 4.54. The molecule has 0 aliphatic heterocycles. The molecule has 0 atom stereocenters. The van der Waals surface area contributed by atoms with Crippen LogP contribution in [0.4, 0.5) is 0 Å². The first-order valence-corrected chi connectivity index (χ1v) is 11.3. The first kappa shape index (κ1) is 21.5. The predicted octanol–water partition coefficient (Wildman–Crippen LogP) is 1.07. The van der Waals surface area contributed by atoms with Gasteiger partial charge in [0.25, 0.3) is 0 Å². The third-order valence-electron chi connectivity index (χ3n) is 2.98. The highest BCUT2D eigenvalue weighted by molar-refractivity contribution is 6.55. The Morgan fingerprint density at radius 3 is 2.09 bits per heavy atom. The van der Waals surface area contributed by atoms with Crippen molar-refractivity contribution in [2.75, 3.05) is 59.8 Å². The van der Waals surface area contributed by atoms with Crippen molar-refractivity contribution in [3.8, 4) is 0 Å². The summed E-state index contributed by atoms with van der Waals surface area (Å²) in [4.78, 5) is 10.8. The Kier molecular flexibility index (Phi) is 16.5. The van der Waals surface area contributed by atoms with E-state index in [-0.39, 0.29) is 21.2 Å². The van der Waals surface area contributed by atoms with Crippen LogP contribution in [0.1, 0.15) is 12.8 Å². The van der Waals surface area contributed by atoms with Crippen molar-refractivity contribution in [2.45, 2.75) is 32.0 Å². The maximum absolute atomic E-state index is 10.8. The number of methoxy groups -OCH3 is 1. The van der Waals surface area contributed by atoms with Crippen LogP contribution in [0.3, 0.4) is 0 Å². The number of esters is 1. The summed E-state index contributed by atoms with van der Waals surface area (Å²) in [6.45, 7) is 10.0. The first-order chi connectivity index (χ1) is 10.7. The van der Waals surface area contributed by atoms with Gasteiger partial charge in [-0.15, -0.1) is 0 Å². The summed E-state index contributed by atoms with van der Waals surface area (Å²) in [6, 6.07) is 1.41. The summed E-state index contributed by atoms with van der Waals surface area (Å²) in [7, 11) is 0.982. The molecule has 6 nitrogen and oxygen atoms in total. The number of carbonyl (C=O) groups is 1. The molecule has 0 rings (SSSR count). The largest absolute Gasteiger partial charge is 0.469 e. The van der Waals surface area contributed by atoms with Crippen molar-refractivity contribution < 1.29 is 23.7 Å². The fraction of sp³-hybridized carbons (Fsp3) is 0.933. The molecule has 0 saturated carbocycles. The molecule has 0 aliphatic carbocycles. The Morgan fingerprint density at radius 1 is 0.909 bits per heavy atom. The lowest BCUT2D eigenvalue weighted by atomic mass is 10.5. The highest BCUT2D eigenvalue weighted by Crippen LogP contribution is 1.94. The van der Waals surface area contributed by atoms with Crippen LogP contribution >= 0.6 is 0 Å². The molecule has 0 aliphatic rings. The molecule has 7 heteroatoms. The molecule has 0 aromatic carbocycles. The second-order valence-electron chi connectivity index (χ2n) is 5.45. The van der Waals surface area contributed by atoms with Gasteiger partial charge in [0.2, 0.25) is 0 Å². The van der Waals surface area contributed by atoms with Crippen LogP contribution in [0.25, 0.3) is 0 Å². The average molecular weight is 336 g/mol. The van der Waals surface area contributed by atoms with Crippen LogP contribution in [0.5, 0.6) is 0 Å². The number of hydrogen-bond donors (Lipinski definition) is 1. The van der Waals surface area contributed by atoms with E-state index in [1.807, 2.05) is 0 Å². The number of rotatable bonds is 16. The van der Waals surface area contributed by atoms with Gasteiger partial charge in [-0.25, -0.2) is 0 Å². The van der Waals surface area contributed by atoms with Crippen molar-refractivity contribution >= 4 is 14.8 Å². The zero-order valence-corrected chi connectivity index (χ0v) is 15.6. The Bertz CT molecular complexity index is 254. The summed E-state index contributed by atoms with van der Waals surface area (Å²) in [5.74, 6) is -0.255. The van der Waals surface area contributed by atoms with Crippen molar-refractivity contribution in [3.05, 3.63) is 0 Å². The molecule has 132 valence electrons. The SMILES string of the molecule is COC(=O)CCOCCOCCOCCNCCC[SiH](C)C. The summed E-state index contributed by atoms with van der Waals surface area (Å²) >= 11 is 0. The van der Waals surface area contributed by atoms with Gasteiger partial charge in [-0.3, -0.25) is 4.79 Å². The average Bonchev–Trinajstić information content (AvgIpc) is 2.50. The number of carbonyl (C=O) groups excluding carboxylic acids is 1. The molecular weight excluding hydrogens is 302 g/mol. The zero-order chi connectivity index (χ0) is 16.5. The molecule has 0 saturated heterocycles. The molecular formula is C15H33NO5Si. The van der Waals surface area contributed by atoms with Gasteiger partial charge in [0, 0.05) is 15.3 Å². The fourth-order valence-electron chi connectivity index (χ4n) is 1.70. The third kappa shape index (κ3) is 17.6. The topological polar surface area (TPSA) is 66.0 Å². The monoisotopic (exact) mass is 335 g/mol. The zero-order valence-electron chi connectivity index (χ0n) is 14.4. The van der Waals surface area contributed by atoms with Gasteiger partial charge in [-0.2, -0.15) is 0 Å². The molecule has 0 amide bonds. The molecule has 22 heavy (non-hydrogen) atoms. The molecule has 0 aromatic heterocycles. The van der Waals surface area contributed by atoms with E-state index in [2.05, 4.69) is 23.1 Å². The Hall–Kier alpha value is -0.473. The van der Waals surface area contributed by atoms with Gasteiger partial charge in [-0.1, -0.05) is 19.1 Å². The molecule has 0 fully saturated rings. The van der Waals surface area contributed by atoms with E-state index in [0.29, 0.717) is 33.0 Å². The highest BCUT2D eigenvalue weighted by Gasteiger charge is 1.99. The van der Waals surface area contributed by atoms with Crippen molar-refractivity contribution in [1.29, 1.82) is 0 Å². The van der Waals surface area contributed by atoms with Gasteiger partial charge in [0.05, 0.1) is 53.2 Å². The number of ether oxygens (including phenoxy) is 4. The van der Waals surface area contributed by atoms with Crippen LogP contribution in [0.2, 0.25) is 19.1 Å². The van der Waals surface area contributed by atoms with E-state index in [9.17, 15) is 4.79 Å². The van der Waals surface area contributed by atoms with Gasteiger partial charge in [0.1, 0.15) is 0 Å². The molecule has 0 unspecified atom stereocenters. The molecule has 1 N–H and O–H groups in total. The van der Waals surface area contributed by atoms with Crippen molar-refractivity contribution in [2.24, 2.45) is 0 Å². The molecule has 0 aromatic rings. The summed E-state index contributed by atoms with van der Waals surface area (Å²) < 4.78 is 20.5. The lowest BCUT2D eigenvalue weighted by Gasteiger charge is -2.08. The van der Waals surface area contributed by atoms with Crippen LogP contribution in [0, 0.1) is 0 Å². The van der Waals surface area contributed by atoms with Crippen molar-refractivity contribution in [1.82, 2.24) is 5.32 Å². The molecule has 0 radical (unpaired) electrons. The van der Waals surface area contributed by atoms with Gasteiger partial charge in [-0.05, 0) is 13.0 Å². The molecule has 0 bridgehead atoms. The minimum absolute atomic E-state index is 0.255. The van der Waals surface area contributed by atoms with E-state index in [1.165, 1.54) is 19.6 Å². The Morgan fingerprint density at radius 2 is 1.50 bits per heavy atom. The second kappa shape index (κ2) is 16.9. The van der Waals surface area contributed by atoms with Crippen LogP contribution in [0.15, 0.2) is 0 Å². The minimum atomic E-state index is -0.387. The fourth-order valence-corrected chi connectivity index (χ4v) is 2.72. The van der Waals surface area contributed by atoms with Gasteiger partial charge in [0.15, 0.2) is 0 Å². The Labute approximate surface area is 136 Å². The van der Waals surface area contributed by atoms with Crippen LogP contribution in [-0.4, -0.2) is 74.6 Å². The number of nitrogens with one attached hydrogen (secondary N) is 1. The van der Waals surface area contributed by atoms with E-state index >= 15 is 0 Å². The van der Waals surface area contributed by atoms with E-state index in [1.54, 1.807) is 0 Å². The van der Waals surface area contributed by atoms with E-state index < -0.39 is 0 Å². The van der Waals surface area contributed by atoms with E-state index in [4.69, 9.17) is 14.2 Å². The maximum Gasteiger partial charge on any atom is 0.307 e. The summed E-state index contributed by atoms with van der Waals surface area (Å²) in [6.07, 6.45) is 1.56. The lowest BCUT2D eigenvalue weighted by Crippen LogP contribution is -2.22. The maximum atomic E-state index is 10.8. The minimum Gasteiger partial charge on any atom is -0.469 e. The lowest BCUT2D eigenvalue weighted by molar-refractivity contribution is -0.141. The number of hydrogen-bond acceptors (Lipinski definition) is 6. The van der Waals surface area contributed by atoms with Crippen LogP contribution in [-0.2, 0) is 23.7 Å². The first-order valence-electron chi connectivity index (χ1n) is 8.17. The van der Waals surface area contributed by atoms with E-state index in [0.717, 1.165) is 19.7 Å². The van der Waals surface area contributed by atoms with Gasteiger partial charge < -0.3 is 24.3 Å². The smallest absolute Gasteiger partial charge is 0.307 e. The predicted molar refractivity (Wildman–Crippen MR) is 90.3 cm³/mol. The highest BCUT2D eigenvalue weighted by atomic mass is 28.3. The molecule has 0 spiro atoms.